The molecule has 3 rings (SSSR count). The Hall–Kier alpha value is -2.77. The van der Waals surface area contributed by atoms with Crippen molar-refractivity contribution in [1.29, 1.82) is 0 Å². The van der Waals surface area contributed by atoms with Crippen molar-refractivity contribution in [3.05, 3.63) is 93.7 Å². The van der Waals surface area contributed by atoms with Crippen molar-refractivity contribution >= 4 is 40.6 Å². The van der Waals surface area contributed by atoms with Crippen LogP contribution in [0.15, 0.2) is 66.9 Å². The third kappa shape index (κ3) is 12.3. The first-order valence-corrected chi connectivity index (χ1v) is 13.1. The van der Waals surface area contributed by atoms with Crippen LogP contribution >= 0.6 is 23.2 Å². The maximum absolute atomic E-state index is 12.5. The van der Waals surface area contributed by atoms with E-state index in [2.05, 4.69) is 24.1 Å². The van der Waals surface area contributed by atoms with Gasteiger partial charge in [-0.2, -0.15) is 0 Å². The van der Waals surface area contributed by atoms with Gasteiger partial charge in [0, 0.05) is 36.2 Å². The summed E-state index contributed by atoms with van der Waals surface area (Å²) in [6, 6.07) is 16.6. The van der Waals surface area contributed by atoms with Gasteiger partial charge in [-0.1, -0.05) is 68.1 Å². The van der Waals surface area contributed by atoms with Crippen LogP contribution in [-0.4, -0.2) is 36.2 Å². The molecule has 200 valence electrons. The molecule has 0 aliphatic heterocycles. The summed E-state index contributed by atoms with van der Waals surface area (Å²) in [5, 5.41) is 3.41. The molecule has 1 aromatic heterocycles. The molecular weight excluding hydrogens is 511 g/mol. The SMILES string of the molecule is CCCC.CCOC(C)OCC.O=C(Nc1ccccc1)c1ccnc(C(=O)c2ccc(Cl)c(Cl)c2)c1. The lowest BCUT2D eigenvalue weighted by Crippen LogP contribution is -2.13. The molecule has 1 N–H and O–H groups in total. The Morgan fingerprint density at radius 1 is 0.838 bits per heavy atom. The average Bonchev–Trinajstić information content (AvgIpc) is 2.91. The van der Waals surface area contributed by atoms with Gasteiger partial charge in [-0.15, -0.1) is 0 Å². The third-order valence-electron chi connectivity index (χ3n) is 4.77. The number of carbonyl (C=O) groups is 2. The third-order valence-corrected chi connectivity index (χ3v) is 5.51. The van der Waals surface area contributed by atoms with Crippen LogP contribution in [0.25, 0.3) is 0 Å². The van der Waals surface area contributed by atoms with Gasteiger partial charge in [-0.05, 0) is 63.2 Å². The largest absolute Gasteiger partial charge is 0.353 e. The number of aromatic nitrogens is 1. The van der Waals surface area contributed by atoms with E-state index in [0.717, 1.165) is 13.2 Å². The number of para-hydroxylation sites is 1. The van der Waals surface area contributed by atoms with Gasteiger partial charge >= 0.3 is 0 Å². The monoisotopic (exact) mass is 546 g/mol. The molecule has 1 amide bonds. The van der Waals surface area contributed by atoms with Crippen LogP contribution in [0.4, 0.5) is 5.69 Å². The van der Waals surface area contributed by atoms with E-state index in [0.29, 0.717) is 21.8 Å². The molecule has 0 bridgehead atoms. The first kappa shape index (κ1) is 32.3. The lowest BCUT2D eigenvalue weighted by atomic mass is 10.1. The summed E-state index contributed by atoms with van der Waals surface area (Å²) in [5.41, 5.74) is 1.51. The van der Waals surface area contributed by atoms with Gasteiger partial charge in [-0.3, -0.25) is 14.6 Å². The maximum Gasteiger partial charge on any atom is 0.255 e. The van der Waals surface area contributed by atoms with E-state index in [1.807, 2.05) is 39.0 Å². The molecule has 0 radical (unpaired) electrons. The van der Waals surface area contributed by atoms with E-state index in [9.17, 15) is 9.59 Å². The lowest BCUT2D eigenvalue weighted by Gasteiger charge is -2.09. The second-order valence-electron chi connectivity index (χ2n) is 7.69. The topological polar surface area (TPSA) is 77.5 Å². The maximum atomic E-state index is 12.5. The minimum Gasteiger partial charge on any atom is -0.353 e. The first-order chi connectivity index (χ1) is 17.8. The number of rotatable bonds is 9. The Labute approximate surface area is 230 Å². The van der Waals surface area contributed by atoms with Crippen molar-refractivity contribution < 1.29 is 19.1 Å². The Bertz CT molecular complexity index is 1090. The number of anilines is 1. The zero-order valence-corrected chi connectivity index (χ0v) is 23.6. The molecule has 0 fully saturated rings. The van der Waals surface area contributed by atoms with Crippen molar-refractivity contribution in [2.45, 2.75) is 53.8 Å². The Balaban J connectivity index is 0.000000478. The van der Waals surface area contributed by atoms with E-state index < -0.39 is 0 Å². The molecule has 6 nitrogen and oxygen atoms in total. The summed E-state index contributed by atoms with van der Waals surface area (Å²) in [6.07, 6.45) is 4.02. The summed E-state index contributed by atoms with van der Waals surface area (Å²) in [6.45, 7) is 11.6. The van der Waals surface area contributed by atoms with Crippen molar-refractivity contribution in [2.75, 3.05) is 18.5 Å². The van der Waals surface area contributed by atoms with Gasteiger partial charge in [0.2, 0.25) is 5.78 Å². The second-order valence-corrected chi connectivity index (χ2v) is 8.50. The number of amides is 1. The molecule has 0 aliphatic rings. The average molecular weight is 548 g/mol. The fourth-order valence-corrected chi connectivity index (χ4v) is 3.02. The smallest absolute Gasteiger partial charge is 0.255 e. The standard InChI is InChI=1S/C19H12Cl2N2O2.C6H14O2.C4H10/c20-15-7-6-12(10-16(15)21)18(24)17-11-13(8-9-22-17)19(25)23-14-4-2-1-3-5-14;1-4-7-6(3)8-5-2;1-3-4-2/h1-11H,(H,23,25);6H,4-5H2,1-3H3;3-4H2,1-2H3. The highest BCUT2D eigenvalue weighted by atomic mass is 35.5. The van der Waals surface area contributed by atoms with Crippen LogP contribution in [-0.2, 0) is 9.47 Å². The molecule has 2 aromatic carbocycles. The van der Waals surface area contributed by atoms with Gasteiger partial charge in [0.05, 0.1) is 10.0 Å². The number of hydrogen-bond donors (Lipinski definition) is 1. The number of pyridine rings is 1. The van der Waals surface area contributed by atoms with E-state index in [1.165, 1.54) is 31.2 Å². The summed E-state index contributed by atoms with van der Waals surface area (Å²) >= 11 is 11.8. The van der Waals surface area contributed by atoms with E-state index in [-0.39, 0.29) is 28.7 Å². The van der Waals surface area contributed by atoms with Crippen LogP contribution in [0.3, 0.4) is 0 Å². The Kier molecular flexibility index (Phi) is 16.1. The number of benzene rings is 2. The lowest BCUT2D eigenvalue weighted by molar-refractivity contribution is -0.123. The molecule has 37 heavy (non-hydrogen) atoms. The van der Waals surface area contributed by atoms with Crippen molar-refractivity contribution in [3.63, 3.8) is 0 Å². The molecule has 0 aliphatic carbocycles. The molecule has 0 unspecified atom stereocenters. The van der Waals surface area contributed by atoms with Crippen molar-refractivity contribution in [1.82, 2.24) is 4.98 Å². The number of carbonyl (C=O) groups excluding carboxylic acids is 2. The highest BCUT2D eigenvalue weighted by molar-refractivity contribution is 6.42. The molecule has 0 spiro atoms. The van der Waals surface area contributed by atoms with Gasteiger partial charge in [0.1, 0.15) is 5.69 Å². The number of nitrogens with zero attached hydrogens (tertiary/aromatic N) is 1. The predicted octanol–water partition coefficient (Wildman–Crippen LogP) is 8.08. The van der Waals surface area contributed by atoms with E-state index in [1.54, 1.807) is 30.3 Å². The van der Waals surface area contributed by atoms with Crippen LogP contribution in [0.5, 0.6) is 0 Å². The van der Waals surface area contributed by atoms with Crippen molar-refractivity contribution in [2.24, 2.45) is 0 Å². The molecule has 0 atom stereocenters. The Morgan fingerprint density at radius 2 is 1.46 bits per heavy atom. The molecule has 0 saturated carbocycles. The number of unbranched alkanes of at least 4 members (excludes halogenated alkanes) is 1. The summed E-state index contributed by atoms with van der Waals surface area (Å²) < 4.78 is 10.1. The highest BCUT2D eigenvalue weighted by Gasteiger charge is 2.15. The van der Waals surface area contributed by atoms with Gasteiger partial charge < -0.3 is 14.8 Å². The number of halogens is 2. The number of ketones is 1. The van der Waals surface area contributed by atoms with Crippen LogP contribution in [0, 0.1) is 0 Å². The van der Waals surface area contributed by atoms with Gasteiger partial charge in [-0.25, -0.2) is 0 Å². The molecule has 3 aromatic rings. The quantitative estimate of drug-likeness (QED) is 0.216. The normalized spacial score (nSPS) is 10.1. The Morgan fingerprint density at radius 3 is 2.00 bits per heavy atom. The van der Waals surface area contributed by atoms with Crippen LogP contribution < -0.4 is 5.32 Å². The molecule has 8 heteroatoms. The van der Waals surface area contributed by atoms with E-state index >= 15 is 0 Å². The van der Waals surface area contributed by atoms with Crippen molar-refractivity contribution in [3.8, 4) is 0 Å². The zero-order chi connectivity index (χ0) is 27.6. The van der Waals surface area contributed by atoms with Gasteiger partial charge in [0.15, 0.2) is 6.29 Å². The minimum absolute atomic E-state index is 0.0370. The molecule has 1 heterocycles. The summed E-state index contributed by atoms with van der Waals surface area (Å²) in [4.78, 5) is 28.9. The minimum atomic E-state index is -0.340. The van der Waals surface area contributed by atoms with Crippen LogP contribution in [0.1, 0.15) is 73.9 Å². The zero-order valence-electron chi connectivity index (χ0n) is 22.1. The predicted molar refractivity (Wildman–Crippen MR) is 152 cm³/mol. The van der Waals surface area contributed by atoms with Gasteiger partial charge in [0.25, 0.3) is 5.91 Å². The second kappa shape index (κ2) is 18.5. The summed E-state index contributed by atoms with van der Waals surface area (Å²) in [7, 11) is 0. The molecular formula is C29H36Cl2N2O4. The fraction of sp³-hybridized carbons (Fsp3) is 0.345. The fourth-order valence-electron chi connectivity index (χ4n) is 2.72. The number of ether oxygens (including phenoxy) is 2. The number of hydrogen-bond acceptors (Lipinski definition) is 5. The first-order valence-electron chi connectivity index (χ1n) is 12.3. The highest BCUT2D eigenvalue weighted by Crippen LogP contribution is 2.24. The number of nitrogens with one attached hydrogen (secondary N) is 1. The molecule has 0 saturated heterocycles. The van der Waals surface area contributed by atoms with Crippen LogP contribution in [0.2, 0.25) is 10.0 Å². The van der Waals surface area contributed by atoms with E-state index in [4.69, 9.17) is 32.7 Å². The summed E-state index contributed by atoms with van der Waals surface area (Å²) in [5.74, 6) is -0.662.